The van der Waals surface area contributed by atoms with Crippen LogP contribution in [0.5, 0.6) is 0 Å². The van der Waals surface area contributed by atoms with Gasteiger partial charge in [-0.15, -0.1) is 0 Å². The number of carbonyl (C=O) groups is 2. The molecule has 2 aromatic rings. The van der Waals surface area contributed by atoms with E-state index in [1.807, 2.05) is 0 Å². The van der Waals surface area contributed by atoms with Crippen molar-refractivity contribution in [1.29, 1.82) is 0 Å². The summed E-state index contributed by atoms with van der Waals surface area (Å²) in [5.74, 6) is -0.692. The van der Waals surface area contributed by atoms with Gasteiger partial charge in [0.25, 0.3) is 0 Å². The number of rotatable bonds is 7. The Hall–Kier alpha value is -3.15. The molecule has 0 unspecified atom stereocenters. The Morgan fingerprint density at radius 3 is 1.84 bits per heavy atom. The number of esters is 2. The fourth-order valence-electron chi connectivity index (χ4n) is 2.00. The van der Waals surface area contributed by atoms with Crippen LogP contribution in [0, 0.1) is 0 Å². The van der Waals surface area contributed by atoms with Gasteiger partial charge in [-0.05, 0) is 62.4 Å². The van der Waals surface area contributed by atoms with Gasteiger partial charge < -0.3 is 14.8 Å². The van der Waals surface area contributed by atoms with E-state index in [2.05, 4.69) is 10.3 Å². The van der Waals surface area contributed by atoms with Crippen LogP contribution >= 0.6 is 0 Å². The summed E-state index contributed by atoms with van der Waals surface area (Å²) in [4.78, 5) is 27.4. The molecule has 0 aliphatic carbocycles. The van der Waals surface area contributed by atoms with Gasteiger partial charge in [-0.1, -0.05) is 0 Å². The number of carbonyl (C=O) groups excluding carboxylic acids is 2. The minimum atomic E-state index is -0.349. The molecule has 2 rings (SSSR count). The zero-order chi connectivity index (χ0) is 18.1. The maximum Gasteiger partial charge on any atom is 0.338 e. The van der Waals surface area contributed by atoms with Gasteiger partial charge in [-0.3, -0.25) is 0 Å². The van der Waals surface area contributed by atoms with E-state index in [4.69, 9.17) is 9.47 Å². The third-order valence-corrected chi connectivity index (χ3v) is 3.22. The van der Waals surface area contributed by atoms with E-state index < -0.39 is 0 Å². The second kappa shape index (κ2) is 9.22. The highest BCUT2D eigenvalue weighted by atomic mass is 16.5. The molecule has 2 aromatic carbocycles. The van der Waals surface area contributed by atoms with E-state index in [1.54, 1.807) is 68.7 Å². The summed E-state index contributed by atoms with van der Waals surface area (Å²) >= 11 is 0. The first-order valence-electron chi connectivity index (χ1n) is 7.97. The number of hydrogen-bond acceptors (Lipinski definition) is 5. The van der Waals surface area contributed by atoms with E-state index in [0.717, 1.165) is 5.69 Å². The Kier molecular flexibility index (Phi) is 6.71. The predicted octanol–water partition coefficient (Wildman–Crippen LogP) is 3.81. The zero-order valence-corrected chi connectivity index (χ0v) is 14.2. The molecule has 0 aromatic heterocycles. The largest absolute Gasteiger partial charge is 0.462 e. The van der Waals surface area contributed by atoms with Crippen molar-refractivity contribution in [3.05, 3.63) is 59.7 Å². The van der Waals surface area contributed by atoms with Gasteiger partial charge in [-0.25, -0.2) is 14.6 Å². The minimum Gasteiger partial charge on any atom is -0.462 e. The van der Waals surface area contributed by atoms with Crippen LogP contribution in [0.25, 0.3) is 0 Å². The summed E-state index contributed by atoms with van der Waals surface area (Å²) < 4.78 is 9.86. The molecule has 130 valence electrons. The number of nitrogens with zero attached hydrogens (tertiary/aromatic N) is 1. The van der Waals surface area contributed by atoms with Crippen molar-refractivity contribution in [2.24, 2.45) is 4.99 Å². The summed E-state index contributed by atoms with van der Waals surface area (Å²) in [6.07, 6.45) is 1.54. The highest BCUT2D eigenvalue weighted by molar-refractivity contribution is 5.91. The van der Waals surface area contributed by atoms with E-state index in [-0.39, 0.29) is 11.9 Å². The lowest BCUT2D eigenvalue weighted by molar-refractivity contribution is 0.0517. The molecule has 1 N–H and O–H groups in total. The molecule has 0 heterocycles. The van der Waals surface area contributed by atoms with Crippen molar-refractivity contribution in [3.63, 3.8) is 0 Å². The lowest BCUT2D eigenvalue weighted by atomic mass is 10.2. The first-order valence-corrected chi connectivity index (χ1v) is 7.97. The van der Waals surface area contributed by atoms with Crippen molar-refractivity contribution < 1.29 is 19.1 Å². The molecule has 25 heavy (non-hydrogen) atoms. The fourth-order valence-corrected chi connectivity index (χ4v) is 2.00. The van der Waals surface area contributed by atoms with Gasteiger partial charge in [0.1, 0.15) is 0 Å². The number of aliphatic imine (C=N–C) groups is 1. The number of benzene rings is 2. The van der Waals surface area contributed by atoms with Crippen LogP contribution in [0.1, 0.15) is 34.6 Å². The van der Waals surface area contributed by atoms with Gasteiger partial charge >= 0.3 is 11.9 Å². The predicted molar refractivity (Wildman–Crippen MR) is 96.6 cm³/mol. The van der Waals surface area contributed by atoms with Crippen LogP contribution in [0.2, 0.25) is 0 Å². The summed E-state index contributed by atoms with van der Waals surface area (Å²) in [6.45, 7) is 4.23. The average Bonchev–Trinajstić information content (AvgIpc) is 2.63. The van der Waals surface area contributed by atoms with Gasteiger partial charge in [0.15, 0.2) is 0 Å². The molecule has 0 amide bonds. The molecular formula is C19H20N2O4. The maximum atomic E-state index is 11.6. The molecule has 0 aliphatic rings. The Balaban J connectivity index is 1.92. The summed E-state index contributed by atoms with van der Waals surface area (Å²) in [7, 11) is 0. The second-order valence-electron chi connectivity index (χ2n) is 4.97. The highest BCUT2D eigenvalue weighted by Crippen LogP contribution is 2.14. The maximum absolute atomic E-state index is 11.6. The molecule has 0 radical (unpaired) electrons. The zero-order valence-electron chi connectivity index (χ0n) is 14.2. The molecule has 0 atom stereocenters. The van der Waals surface area contributed by atoms with Crippen LogP contribution < -0.4 is 5.32 Å². The van der Waals surface area contributed by atoms with Crippen LogP contribution in [0.4, 0.5) is 11.4 Å². The van der Waals surface area contributed by atoms with Crippen molar-refractivity contribution in [1.82, 2.24) is 0 Å². The van der Waals surface area contributed by atoms with Crippen molar-refractivity contribution in [2.45, 2.75) is 13.8 Å². The normalized spacial score (nSPS) is 10.5. The molecule has 0 saturated carbocycles. The fraction of sp³-hybridized carbons (Fsp3) is 0.211. The third kappa shape index (κ3) is 5.46. The van der Waals surface area contributed by atoms with E-state index in [0.29, 0.717) is 30.0 Å². The summed E-state index contributed by atoms with van der Waals surface area (Å²) in [5.41, 5.74) is 2.48. The third-order valence-electron chi connectivity index (χ3n) is 3.22. The summed E-state index contributed by atoms with van der Waals surface area (Å²) in [5, 5.41) is 3.01. The number of ether oxygens (including phenoxy) is 2. The lowest BCUT2D eigenvalue weighted by Crippen LogP contribution is -2.04. The molecule has 0 spiro atoms. The van der Waals surface area contributed by atoms with Crippen LogP contribution in [-0.4, -0.2) is 31.5 Å². The smallest absolute Gasteiger partial charge is 0.338 e. The Morgan fingerprint density at radius 1 is 0.880 bits per heavy atom. The first-order chi connectivity index (χ1) is 12.1. The molecule has 0 saturated heterocycles. The standard InChI is InChI=1S/C19H20N2O4/c1-3-24-18(22)14-5-9-16(10-6-14)20-13-21-17-11-7-15(8-12-17)19(23)25-4-2/h5-13H,3-4H2,1-2H3,(H,20,21). The van der Waals surface area contributed by atoms with E-state index in [9.17, 15) is 9.59 Å². The van der Waals surface area contributed by atoms with Crippen molar-refractivity contribution in [3.8, 4) is 0 Å². The highest BCUT2D eigenvalue weighted by Gasteiger charge is 2.06. The average molecular weight is 340 g/mol. The topological polar surface area (TPSA) is 77.0 Å². The van der Waals surface area contributed by atoms with E-state index >= 15 is 0 Å². The Labute approximate surface area is 146 Å². The van der Waals surface area contributed by atoms with Crippen LogP contribution in [-0.2, 0) is 9.47 Å². The lowest BCUT2D eigenvalue weighted by Gasteiger charge is -2.04. The molecule has 0 aliphatic heterocycles. The van der Waals surface area contributed by atoms with Gasteiger partial charge in [0.2, 0.25) is 0 Å². The Bertz CT molecular complexity index is 737. The molecule has 0 fully saturated rings. The first kappa shape index (κ1) is 18.2. The quantitative estimate of drug-likeness (QED) is 0.471. The van der Waals surface area contributed by atoms with Gasteiger partial charge in [0, 0.05) is 5.69 Å². The molecule has 0 bridgehead atoms. The van der Waals surface area contributed by atoms with Crippen LogP contribution in [0.15, 0.2) is 53.5 Å². The minimum absolute atomic E-state index is 0.343. The monoisotopic (exact) mass is 340 g/mol. The van der Waals surface area contributed by atoms with Crippen molar-refractivity contribution >= 4 is 29.7 Å². The molecule has 6 heteroatoms. The Morgan fingerprint density at radius 2 is 1.36 bits per heavy atom. The van der Waals surface area contributed by atoms with Gasteiger partial charge in [-0.2, -0.15) is 0 Å². The molecule has 6 nitrogen and oxygen atoms in total. The SMILES string of the molecule is CCOC(=O)c1ccc(/N=C/Nc2ccc(C(=O)OCC)cc2)cc1. The van der Waals surface area contributed by atoms with Gasteiger partial charge in [0.05, 0.1) is 36.4 Å². The van der Waals surface area contributed by atoms with Crippen LogP contribution in [0.3, 0.4) is 0 Å². The second-order valence-corrected chi connectivity index (χ2v) is 4.97. The number of nitrogens with one attached hydrogen (secondary N) is 1. The van der Waals surface area contributed by atoms with E-state index in [1.165, 1.54) is 0 Å². The molecular weight excluding hydrogens is 320 g/mol. The number of anilines is 1. The number of hydrogen-bond donors (Lipinski definition) is 1. The van der Waals surface area contributed by atoms with Crippen molar-refractivity contribution in [2.75, 3.05) is 18.5 Å². The summed E-state index contributed by atoms with van der Waals surface area (Å²) in [6, 6.07) is 13.7.